The van der Waals surface area contributed by atoms with E-state index in [2.05, 4.69) is 25.6 Å². The molecule has 0 unspecified atom stereocenters. The van der Waals surface area contributed by atoms with Crippen molar-refractivity contribution in [3.05, 3.63) is 24.2 Å². The second-order valence-electron chi connectivity index (χ2n) is 7.72. The number of nitrogen functional groups attached to an aromatic ring is 1. The van der Waals surface area contributed by atoms with E-state index in [4.69, 9.17) is 15.2 Å². The Morgan fingerprint density at radius 1 is 1.44 bits per heavy atom. The van der Waals surface area contributed by atoms with Crippen molar-refractivity contribution < 1.29 is 24.5 Å². The molecule has 0 spiro atoms. The predicted molar refractivity (Wildman–Crippen MR) is 110 cm³/mol. The Kier molecular flexibility index (Phi) is 6.40. The fourth-order valence-electron chi connectivity index (χ4n) is 4.01. The summed E-state index contributed by atoms with van der Waals surface area (Å²) in [5.41, 5.74) is 4.50. The highest BCUT2D eigenvalue weighted by atomic mass is 16.6. The number of ether oxygens (including phenoxy) is 2. The lowest BCUT2D eigenvalue weighted by Crippen LogP contribution is -2.46. The maximum Gasteiger partial charge on any atom is 0.407 e. The van der Waals surface area contributed by atoms with E-state index in [0.29, 0.717) is 18.6 Å². The molecule has 2 saturated heterocycles. The van der Waals surface area contributed by atoms with E-state index in [1.165, 1.54) is 16.9 Å². The third kappa shape index (κ3) is 4.06. The van der Waals surface area contributed by atoms with Gasteiger partial charge in [0.1, 0.15) is 42.8 Å². The van der Waals surface area contributed by atoms with Crippen molar-refractivity contribution >= 4 is 17.4 Å². The van der Waals surface area contributed by atoms with E-state index in [1.807, 2.05) is 6.07 Å². The Hall–Kier alpha value is -3.02. The first kappa shape index (κ1) is 22.2. The number of nitrogens with one attached hydrogen (secondary N) is 2. The molecule has 1 amide bonds. The molecular formula is C19H26N8O5. The molecule has 0 aromatic carbocycles. The van der Waals surface area contributed by atoms with E-state index in [0.717, 1.165) is 26.2 Å². The van der Waals surface area contributed by atoms with Gasteiger partial charge < -0.3 is 36.1 Å². The SMILES string of the molecule is N#C[C@@]1(c2ccc3c(N)ncnn23)O[C@H](COC(=O)NCCN2CCNCC2)[C@@H](O)[C@H]1O. The summed E-state index contributed by atoms with van der Waals surface area (Å²) >= 11 is 0. The number of carbonyl (C=O) groups excluding carboxylic acids is 1. The number of rotatable bonds is 6. The monoisotopic (exact) mass is 446 g/mol. The summed E-state index contributed by atoms with van der Waals surface area (Å²) in [6.07, 6.45) is -3.65. The zero-order chi connectivity index (χ0) is 22.7. The van der Waals surface area contributed by atoms with Crippen molar-refractivity contribution in [1.82, 2.24) is 30.1 Å². The molecule has 4 heterocycles. The highest BCUT2D eigenvalue weighted by Gasteiger charge is 2.57. The molecule has 0 bridgehead atoms. The number of nitrogens with zero attached hydrogens (tertiary/aromatic N) is 5. The number of amides is 1. The van der Waals surface area contributed by atoms with Gasteiger partial charge >= 0.3 is 6.09 Å². The average Bonchev–Trinajstić information content (AvgIpc) is 3.35. The number of fused-ring (bicyclic) bond motifs is 1. The number of piperazine rings is 1. The van der Waals surface area contributed by atoms with Gasteiger partial charge in [0.05, 0.1) is 5.69 Å². The number of hydrogen-bond donors (Lipinski definition) is 5. The van der Waals surface area contributed by atoms with Crippen LogP contribution in [0.5, 0.6) is 0 Å². The normalized spacial score (nSPS) is 28.5. The lowest BCUT2D eigenvalue weighted by atomic mass is 9.92. The van der Waals surface area contributed by atoms with Crippen LogP contribution in [0.1, 0.15) is 5.69 Å². The van der Waals surface area contributed by atoms with Gasteiger partial charge in [-0.05, 0) is 12.1 Å². The van der Waals surface area contributed by atoms with Gasteiger partial charge in [0.2, 0.25) is 5.60 Å². The van der Waals surface area contributed by atoms with Crippen molar-refractivity contribution in [1.29, 1.82) is 5.26 Å². The molecule has 172 valence electrons. The van der Waals surface area contributed by atoms with Crippen LogP contribution in [-0.2, 0) is 15.1 Å². The molecule has 2 aromatic rings. The maximum absolute atomic E-state index is 12.0. The minimum Gasteiger partial charge on any atom is -0.447 e. The molecule has 2 aliphatic heterocycles. The maximum atomic E-state index is 12.0. The third-order valence-electron chi connectivity index (χ3n) is 5.77. The van der Waals surface area contributed by atoms with Crippen LogP contribution in [-0.4, -0.2) is 100.0 Å². The van der Waals surface area contributed by atoms with Crippen molar-refractivity contribution in [3.63, 3.8) is 0 Å². The topological polar surface area (TPSA) is 183 Å². The van der Waals surface area contributed by atoms with Gasteiger partial charge in [0.15, 0.2) is 5.82 Å². The zero-order valence-electron chi connectivity index (χ0n) is 17.3. The van der Waals surface area contributed by atoms with Gasteiger partial charge in [-0.1, -0.05) is 0 Å². The zero-order valence-corrected chi connectivity index (χ0v) is 17.3. The van der Waals surface area contributed by atoms with Crippen molar-refractivity contribution in [2.75, 3.05) is 51.6 Å². The van der Waals surface area contributed by atoms with Crippen molar-refractivity contribution in [2.24, 2.45) is 0 Å². The molecule has 2 fully saturated rings. The summed E-state index contributed by atoms with van der Waals surface area (Å²) in [4.78, 5) is 18.1. The molecule has 0 aliphatic carbocycles. The van der Waals surface area contributed by atoms with E-state index >= 15 is 0 Å². The third-order valence-corrected chi connectivity index (χ3v) is 5.77. The number of aliphatic hydroxyl groups is 2. The summed E-state index contributed by atoms with van der Waals surface area (Å²) in [5.74, 6) is 0.185. The van der Waals surface area contributed by atoms with Gasteiger partial charge in [-0.25, -0.2) is 14.3 Å². The number of aromatic nitrogens is 3. The molecule has 13 heteroatoms. The fourth-order valence-corrected chi connectivity index (χ4v) is 4.01. The van der Waals surface area contributed by atoms with E-state index in [1.54, 1.807) is 6.07 Å². The summed E-state index contributed by atoms with van der Waals surface area (Å²) in [6.45, 7) is 4.42. The molecule has 6 N–H and O–H groups in total. The van der Waals surface area contributed by atoms with Crippen molar-refractivity contribution in [3.8, 4) is 6.07 Å². The number of alkyl carbamates (subject to hydrolysis) is 1. The largest absolute Gasteiger partial charge is 0.447 e. The Morgan fingerprint density at radius 3 is 2.97 bits per heavy atom. The average molecular weight is 446 g/mol. The van der Waals surface area contributed by atoms with Gasteiger partial charge in [-0.3, -0.25) is 4.90 Å². The predicted octanol–water partition coefficient (Wildman–Crippen LogP) is -2.22. The molecule has 4 atom stereocenters. The molecule has 13 nitrogen and oxygen atoms in total. The Balaban J connectivity index is 1.38. The summed E-state index contributed by atoms with van der Waals surface area (Å²) in [6, 6.07) is 5.04. The van der Waals surface area contributed by atoms with Crippen molar-refractivity contribution in [2.45, 2.75) is 23.9 Å². The molecule has 32 heavy (non-hydrogen) atoms. The van der Waals surface area contributed by atoms with Crippen LogP contribution < -0.4 is 16.4 Å². The Labute approximate surface area is 183 Å². The van der Waals surface area contributed by atoms with Crippen LogP contribution in [0.3, 0.4) is 0 Å². The minimum absolute atomic E-state index is 0.179. The Bertz CT molecular complexity index is 1000. The van der Waals surface area contributed by atoms with Crippen LogP contribution in [0.25, 0.3) is 5.52 Å². The number of nitrogens with two attached hydrogens (primary N) is 1. The first-order valence-electron chi connectivity index (χ1n) is 10.3. The molecule has 4 rings (SSSR count). The van der Waals surface area contributed by atoms with E-state index in [9.17, 15) is 20.3 Å². The molecule has 2 aromatic heterocycles. The van der Waals surface area contributed by atoms with Gasteiger partial charge in [-0.2, -0.15) is 10.4 Å². The molecule has 0 radical (unpaired) electrons. The highest BCUT2D eigenvalue weighted by Crippen LogP contribution is 2.40. The van der Waals surface area contributed by atoms with Crippen LogP contribution in [0.4, 0.5) is 10.6 Å². The second-order valence-corrected chi connectivity index (χ2v) is 7.72. The number of hydrogen-bond acceptors (Lipinski definition) is 11. The highest BCUT2D eigenvalue weighted by molar-refractivity contribution is 5.67. The molecular weight excluding hydrogens is 420 g/mol. The summed E-state index contributed by atoms with van der Waals surface area (Å²) in [5, 5.41) is 41.0. The second kappa shape index (κ2) is 9.23. The minimum atomic E-state index is -1.93. The smallest absolute Gasteiger partial charge is 0.407 e. The molecule has 0 saturated carbocycles. The van der Waals surface area contributed by atoms with Gasteiger partial charge in [0.25, 0.3) is 0 Å². The Morgan fingerprint density at radius 2 is 2.22 bits per heavy atom. The quantitative estimate of drug-likeness (QED) is 0.324. The lowest BCUT2D eigenvalue weighted by Gasteiger charge is -2.27. The van der Waals surface area contributed by atoms with Gasteiger partial charge in [0, 0.05) is 39.3 Å². The fraction of sp³-hybridized carbons (Fsp3) is 0.579. The standard InChI is InChI=1S/C19H26N8O5/c20-10-19(14-2-1-12-17(21)24-11-25-27(12)14)16(29)15(28)13(32-19)9-31-18(30)23-5-8-26-6-3-22-4-7-26/h1-2,11,13,15-16,22,28-29H,3-9H2,(H,23,30)(H2,21,24,25)/t13-,15-,16-,19+/m1/s1. The van der Waals surface area contributed by atoms with Crippen LogP contribution >= 0.6 is 0 Å². The molecule has 2 aliphatic rings. The first-order chi connectivity index (χ1) is 15.5. The van der Waals surface area contributed by atoms with Crippen LogP contribution in [0.2, 0.25) is 0 Å². The number of anilines is 1. The van der Waals surface area contributed by atoms with Crippen LogP contribution in [0, 0.1) is 11.3 Å². The lowest BCUT2D eigenvalue weighted by molar-refractivity contribution is -0.0659. The van der Waals surface area contributed by atoms with Gasteiger partial charge in [-0.15, -0.1) is 0 Å². The van der Waals surface area contributed by atoms with E-state index in [-0.39, 0.29) is 18.1 Å². The van der Waals surface area contributed by atoms with E-state index < -0.39 is 30.0 Å². The van der Waals surface area contributed by atoms with Crippen LogP contribution in [0.15, 0.2) is 18.5 Å². The first-order valence-corrected chi connectivity index (χ1v) is 10.3. The number of carbonyl (C=O) groups is 1. The summed E-state index contributed by atoms with van der Waals surface area (Å²) in [7, 11) is 0. The number of aliphatic hydroxyl groups excluding tert-OH is 2. The summed E-state index contributed by atoms with van der Waals surface area (Å²) < 4.78 is 12.2. The number of nitriles is 1.